The Balaban J connectivity index is 3.08. The molecule has 0 amide bonds. The van der Waals surface area contributed by atoms with Crippen molar-refractivity contribution in [2.75, 3.05) is 0 Å². The predicted octanol–water partition coefficient (Wildman–Crippen LogP) is 0.616. The van der Waals surface area contributed by atoms with E-state index in [1.807, 2.05) is 0 Å². The van der Waals surface area contributed by atoms with Crippen molar-refractivity contribution in [3.8, 4) is 5.75 Å². The third-order valence-electron chi connectivity index (χ3n) is 1.59. The van der Waals surface area contributed by atoms with Gasteiger partial charge in [-0.2, -0.15) is 0 Å². The molecule has 0 spiro atoms. The van der Waals surface area contributed by atoms with Crippen LogP contribution in [0.15, 0.2) is 18.2 Å². The van der Waals surface area contributed by atoms with Crippen molar-refractivity contribution in [3.63, 3.8) is 0 Å². The second-order valence-corrected chi connectivity index (χ2v) is 2.52. The molecule has 1 unspecified atom stereocenters. The van der Waals surface area contributed by atoms with Gasteiger partial charge in [-0.1, -0.05) is 6.07 Å². The van der Waals surface area contributed by atoms with Crippen LogP contribution in [-0.2, 0) is 4.79 Å². The van der Waals surface area contributed by atoms with E-state index >= 15 is 0 Å². The zero-order chi connectivity index (χ0) is 10.0. The number of hydrogen-bond acceptors (Lipinski definition) is 3. The highest BCUT2D eigenvalue weighted by atomic mass is 19.1. The second kappa shape index (κ2) is 3.40. The molecule has 0 aliphatic heterocycles. The maximum Gasteiger partial charge on any atom is 0.325 e. The molecule has 5 heteroatoms. The number of halogens is 1. The summed E-state index contributed by atoms with van der Waals surface area (Å²) < 4.78 is 12.5. The SMILES string of the molecule is NC(C(=O)O)c1ccc(F)cc1O. The maximum absolute atomic E-state index is 12.5. The number of phenols is 1. The van der Waals surface area contributed by atoms with E-state index in [-0.39, 0.29) is 5.56 Å². The molecule has 1 rings (SSSR count). The van der Waals surface area contributed by atoms with Gasteiger partial charge in [-0.3, -0.25) is 4.79 Å². The lowest BCUT2D eigenvalue weighted by atomic mass is 10.1. The van der Waals surface area contributed by atoms with Crippen molar-refractivity contribution in [2.24, 2.45) is 5.73 Å². The Bertz CT molecular complexity index is 340. The summed E-state index contributed by atoms with van der Waals surface area (Å²) in [5.41, 5.74) is 5.20. The lowest BCUT2D eigenvalue weighted by Crippen LogP contribution is -2.20. The number of rotatable bonds is 2. The third kappa shape index (κ3) is 1.94. The normalized spacial score (nSPS) is 12.5. The van der Waals surface area contributed by atoms with E-state index in [0.29, 0.717) is 0 Å². The Morgan fingerprint density at radius 1 is 1.54 bits per heavy atom. The summed E-state index contributed by atoms with van der Waals surface area (Å²) in [6.45, 7) is 0. The highest BCUT2D eigenvalue weighted by molar-refractivity contribution is 5.76. The minimum atomic E-state index is -1.33. The lowest BCUT2D eigenvalue weighted by Gasteiger charge is -2.08. The van der Waals surface area contributed by atoms with E-state index in [4.69, 9.17) is 15.9 Å². The molecule has 0 heterocycles. The molecule has 0 saturated heterocycles. The van der Waals surface area contributed by atoms with Crippen molar-refractivity contribution in [1.82, 2.24) is 0 Å². The number of aromatic hydroxyl groups is 1. The van der Waals surface area contributed by atoms with Crippen LogP contribution >= 0.6 is 0 Å². The highest BCUT2D eigenvalue weighted by Gasteiger charge is 2.17. The molecule has 1 atom stereocenters. The van der Waals surface area contributed by atoms with Crippen molar-refractivity contribution in [1.29, 1.82) is 0 Å². The van der Waals surface area contributed by atoms with Gasteiger partial charge in [-0.25, -0.2) is 4.39 Å². The number of phenolic OH excluding ortho intramolecular Hbond substituents is 1. The Morgan fingerprint density at radius 2 is 2.15 bits per heavy atom. The van der Waals surface area contributed by atoms with Gasteiger partial charge in [0.2, 0.25) is 0 Å². The minimum absolute atomic E-state index is 0.00565. The first-order chi connectivity index (χ1) is 6.02. The fourth-order valence-electron chi connectivity index (χ4n) is 0.913. The van der Waals surface area contributed by atoms with Gasteiger partial charge in [0.05, 0.1) is 0 Å². The third-order valence-corrected chi connectivity index (χ3v) is 1.59. The molecule has 1 aromatic rings. The lowest BCUT2D eigenvalue weighted by molar-refractivity contribution is -0.138. The van der Waals surface area contributed by atoms with Gasteiger partial charge >= 0.3 is 5.97 Å². The Morgan fingerprint density at radius 3 is 2.62 bits per heavy atom. The van der Waals surface area contributed by atoms with Gasteiger partial charge in [0.1, 0.15) is 17.6 Å². The number of nitrogens with two attached hydrogens (primary N) is 1. The molecule has 70 valence electrons. The molecule has 0 bridgehead atoms. The number of carboxylic acid groups (broad SMARTS) is 1. The molecular weight excluding hydrogens is 177 g/mol. The molecule has 4 N–H and O–H groups in total. The van der Waals surface area contributed by atoms with E-state index in [1.165, 1.54) is 0 Å². The smallest absolute Gasteiger partial charge is 0.325 e. The van der Waals surface area contributed by atoms with Crippen molar-refractivity contribution in [3.05, 3.63) is 29.6 Å². The molecule has 1 aromatic carbocycles. The summed E-state index contributed by atoms with van der Waals surface area (Å²) in [7, 11) is 0. The largest absolute Gasteiger partial charge is 0.507 e. The van der Waals surface area contributed by atoms with Crippen LogP contribution in [-0.4, -0.2) is 16.2 Å². The second-order valence-electron chi connectivity index (χ2n) is 2.52. The van der Waals surface area contributed by atoms with Crippen LogP contribution in [0.5, 0.6) is 5.75 Å². The number of hydrogen-bond donors (Lipinski definition) is 3. The molecule has 0 aromatic heterocycles. The highest BCUT2D eigenvalue weighted by Crippen LogP contribution is 2.23. The molecule has 0 aliphatic carbocycles. The standard InChI is InChI=1S/C8H8FNO3/c9-4-1-2-5(6(11)3-4)7(10)8(12)13/h1-3,7,11H,10H2,(H,12,13). The summed E-state index contributed by atoms with van der Waals surface area (Å²) in [6, 6.07) is 1.67. The summed E-state index contributed by atoms with van der Waals surface area (Å²) in [6.07, 6.45) is 0. The van der Waals surface area contributed by atoms with Crippen LogP contribution in [0.1, 0.15) is 11.6 Å². The Hall–Kier alpha value is -1.62. The first-order valence-corrected chi connectivity index (χ1v) is 3.49. The van der Waals surface area contributed by atoms with Gasteiger partial charge in [0, 0.05) is 11.6 Å². The average molecular weight is 185 g/mol. The van der Waals surface area contributed by atoms with Crippen molar-refractivity contribution in [2.45, 2.75) is 6.04 Å². The quantitative estimate of drug-likeness (QED) is 0.630. The summed E-state index contributed by atoms with van der Waals surface area (Å²) in [4.78, 5) is 10.4. The van der Waals surface area contributed by atoms with E-state index in [9.17, 15) is 9.18 Å². The monoisotopic (exact) mass is 185 g/mol. The predicted molar refractivity (Wildman–Crippen MR) is 42.6 cm³/mol. The van der Waals surface area contributed by atoms with E-state index in [2.05, 4.69) is 0 Å². The summed E-state index contributed by atoms with van der Waals surface area (Å²) >= 11 is 0. The molecule has 0 saturated carbocycles. The van der Waals surface area contributed by atoms with Crippen LogP contribution in [0, 0.1) is 5.82 Å². The molecule has 0 fully saturated rings. The van der Waals surface area contributed by atoms with Gasteiger partial charge in [0.15, 0.2) is 0 Å². The van der Waals surface area contributed by atoms with Gasteiger partial charge in [0.25, 0.3) is 0 Å². The van der Waals surface area contributed by atoms with E-state index in [0.717, 1.165) is 18.2 Å². The van der Waals surface area contributed by atoms with Gasteiger partial charge in [-0.15, -0.1) is 0 Å². The minimum Gasteiger partial charge on any atom is -0.507 e. The molecule has 13 heavy (non-hydrogen) atoms. The Kier molecular flexibility index (Phi) is 2.48. The molecule has 0 radical (unpaired) electrons. The van der Waals surface area contributed by atoms with Crippen molar-refractivity contribution >= 4 is 5.97 Å². The number of benzene rings is 1. The Labute approximate surface area is 73.4 Å². The van der Waals surface area contributed by atoms with Crippen LogP contribution < -0.4 is 5.73 Å². The zero-order valence-corrected chi connectivity index (χ0v) is 6.57. The summed E-state index contributed by atoms with van der Waals surface area (Å²) in [5.74, 6) is -2.37. The van der Waals surface area contributed by atoms with Crippen LogP contribution in [0.2, 0.25) is 0 Å². The van der Waals surface area contributed by atoms with E-state index in [1.54, 1.807) is 0 Å². The fraction of sp³-hybridized carbons (Fsp3) is 0.125. The molecular formula is C8H8FNO3. The molecule has 4 nitrogen and oxygen atoms in total. The number of carbonyl (C=O) groups is 1. The maximum atomic E-state index is 12.5. The van der Waals surface area contributed by atoms with Gasteiger partial charge in [-0.05, 0) is 6.07 Å². The van der Waals surface area contributed by atoms with Crippen LogP contribution in [0.3, 0.4) is 0 Å². The average Bonchev–Trinajstić information content (AvgIpc) is 2.03. The summed E-state index contributed by atoms with van der Waals surface area (Å²) in [5, 5.41) is 17.6. The number of carboxylic acids is 1. The molecule has 0 aliphatic rings. The van der Waals surface area contributed by atoms with Gasteiger partial charge < -0.3 is 15.9 Å². The van der Waals surface area contributed by atoms with Crippen LogP contribution in [0.4, 0.5) is 4.39 Å². The zero-order valence-electron chi connectivity index (χ0n) is 6.57. The van der Waals surface area contributed by atoms with Crippen LogP contribution in [0.25, 0.3) is 0 Å². The van der Waals surface area contributed by atoms with Crippen molar-refractivity contribution < 1.29 is 19.4 Å². The first kappa shape index (κ1) is 9.47. The first-order valence-electron chi connectivity index (χ1n) is 3.49. The number of aliphatic carboxylic acids is 1. The van der Waals surface area contributed by atoms with E-state index < -0.39 is 23.6 Å². The fourth-order valence-corrected chi connectivity index (χ4v) is 0.913. The topological polar surface area (TPSA) is 83.6 Å².